The lowest BCUT2D eigenvalue weighted by Gasteiger charge is -2.13. The Labute approximate surface area is 120 Å². The molecular weight excluding hydrogens is 252 g/mol. The van der Waals surface area contributed by atoms with Gasteiger partial charge in [-0.3, -0.25) is 0 Å². The molecule has 4 heteroatoms. The molecule has 1 aliphatic carbocycles. The zero-order chi connectivity index (χ0) is 14.4. The van der Waals surface area contributed by atoms with Gasteiger partial charge in [0.15, 0.2) is 0 Å². The Kier molecular flexibility index (Phi) is 5.27. The number of benzene rings is 1. The van der Waals surface area contributed by atoms with Crippen LogP contribution in [0.15, 0.2) is 18.2 Å². The Bertz CT molecular complexity index is 454. The van der Waals surface area contributed by atoms with E-state index in [1.54, 1.807) is 7.11 Å². The van der Waals surface area contributed by atoms with Gasteiger partial charge in [0, 0.05) is 12.6 Å². The van der Waals surface area contributed by atoms with Gasteiger partial charge in [-0.05, 0) is 43.4 Å². The number of methoxy groups -OCH3 is 1. The van der Waals surface area contributed by atoms with Crippen LogP contribution in [-0.4, -0.2) is 25.7 Å². The summed E-state index contributed by atoms with van der Waals surface area (Å²) in [5.41, 5.74) is 2.34. The van der Waals surface area contributed by atoms with Crippen molar-refractivity contribution in [3.63, 3.8) is 0 Å². The number of aryl methyl sites for hydroxylation is 1. The van der Waals surface area contributed by atoms with E-state index >= 15 is 0 Å². The zero-order valence-electron chi connectivity index (χ0n) is 12.4. The fraction of sp³-hybridized carbons (Fsp3) is 0.562. The smallest absolute Gasteiger partial charge is 0.315 e. The van der Waals surface area contributed by atoms with E-state index in [9.17, 15) is 4.79 Å². The Morgan fingerprint density at radius 3 is 2.75 bits per heavy atom. The van der Waals surface area contributed by atoms with E-state index in [1.165, 1.54) is 18.4 Å². The summed E-state index contributed by atoms with van der Waals surface area (Å²) in [6.45, 7) is 2.69. The first-order valence-corrected chi connectivity index (χ1v) is 7.37. The molecule has 110 valence electrons. The first-order valence-electron chi connectivity index (χ1n) is 7.37. The van der Waals surface area contributed by atoms with Gasteiger partial charge in [-0.25, -0.2) is 4.79 Å². The van der Waals surface area contributed by atoms with E-state index in [-0.39, 0.29) is 6.03 Å². The van der Waals surface area contributed by atoms with Crippen molar-refractivity contribution >= 4 is 6.03 Å². The molecule has 1 aromatic carbocycles. The number of hydrogen-bond acceptors (Lipinski definition) is 2. The second-order valence-electron chi connectivity index (χ2n) is 5.44. The van der Waals surface area contributed by atoms with Crippen LogP contribution in [0.4, 0.5) is 4.79 Å². The number of hydrogen-bond donors (Lipinski definition) is 2. The highest BCUT2D eigenvalue weighted by Gasteiger charge is 2.16. The molecule has 1 aromatic rings. The molecule has 0 radical (unpaired) electrons. The number of rotatable bonds is 5. The standard InChI is InChI=1S/C16H24N2O2/c1-12-11-13(7-8-15(12)20-2)9-10-17-16(19)18-14-5-3-4-6-14/h7-8,11,14H,3-6,9-10H2,1-2H3,(H2,17,18,19). The lowest BCUT2D eigenvalue weighted by Crippen LogP contribution is -2.41. The lowest BCUT2D eigenvalue weighted by molar-refractivity contribution is 0.237. The van der Waals surface area contributed by atoms with Gasteiger partial charge in [0.05, 0.1) is 7.11 Å². The van der Waals surface area contributed by atoms with Crippen LogP contribution in [0, 0.1) is 6.92 Å². The van der Waals surface area contributed by atoms with Crippen LogP contribution in [-0.2, 0) is 6.42 Å². The molecule has 0 aliphatic heterocycles. The minimum absolute atomic E-state index is 0.0397. The summed E-state index contributed by atoms with van der Waals surface area (Å²) in [4.78, 5) is 11.7. The van der Waals surface area contributed by atoms with Crippen LogP contribution < -0.4 is 15.4 Å². The number of ether oxygens (including phenoxy) is 1. The maximum absolute atomic E-state index is 11.7. The molecular formula is C16H24N2O2. The van der Waals surface area contributed by atoms with Gasteiger partial charge in [0.2, 0.25) is 0 Å². The van der Waals surface area contributed by atoms with Crippen molar-refractivity contribution in [1.29, 1.82) is 0 Å². The minimum Gasteiger partial charge on any atom is -0.496 e. The van der Waals surface area contributed by atoms with Crippen LogP contribution >= 0.6 is 0 Å². The number of urea groups is 1. The van der Waals surface area contributed by atoms with Crippen LogP contribution in [0.1, 0.15) is 36.8 Å². The Morgan fingerprint density at radius 2 is 2.10 bits per heavy atom. The van der Waals surface area contributed by atoms with Gasteiger partial charge in [-0.2, -0.15) is 0 Å². The largest absolute Gasteiger partial charge is 0.496 e. The summed E-state index contributed by atoms with van der Waals surface area (Å²) < 4.78 is 5.24. The fourth-order valence-electron chi connectivity index (χ4n) is 2.72. The highest BCUT2D eigenvalue weighted by molar-refractivity contribution is 5.74. The van der Waals surface area contributed by atoms with Crippen LogP contribution in [0.3, 0.4) is 0 Å². The van der Waals surface area contributed by atoms with Gasteiger partial charge in [-0.1, -0.05) is 25.0 Å². The Hall–Kier alpha value is -1.71. The molecule has 20 heavy (non-hydrogen) atoms. The van der Waals surface area contributed by atoms with E-state index in [1.807, 2.05) is 19.1 Å². The lowest BCUT2D eigenvalue weighted by atomic mass is 10.1. The van der Waals surface area contributed by atoms with Crippen molar-refractivity contribution in [3.05, 3.63) is 29.3 Å². The number of nitrogens with one attached hydrogen (secondary N) is 2. The Morgan fingerprint density at radius 1 is 1.35 bits per heavy atom. The van der Waals surface area contributed by atoms with Crippen LogP contribution in [0.5, 0.6) is 5.75 Å². The molecule has 0 aromatic heterocycles. The second-order valence-corrected chi connectivity index (χ2v) is 5.44. The third kappa shape index (κ3) is 4.15. The highest BCUT2D eigenvalue weighted by Crippen LogP contribution is 2.19. The predicted molar refractivity (Wildman–Crippen MR) is 80.2 cm³/mol. The molecule has 0 spiro atoms. The quantitative estimate of drug-likeness (QED) is 0.869. The maximum atomic E-state index is 11.7. The molecule has 4 nitrogen and oxygen atoms in total. The molecule has 2 rings (SSSR count). The molecule has 0 atom stereocenters. The topological polar surface area (TPSA) is 50.4 Å². The molecule has 0 heterocycles. The second kappa shape index (κ2) is 7.17. The summed E-state index contributed by atoms with van der Waals surface area (Å²) in [6.07, 6.45) is 5.53. The van der Waals surface area contributed by atoms with Crippen molar-refractivity contribution in [2.75, 3.05) is 13.7 Å². The molecule has 0 saturated heterocycles. The summed E-state index contributed by atoms with van der Waals surface area (Å²) in [6, 6.07) is 6.46. The van der Waals surface area contributed by atoms with Crippen molar-refractivity contribution in [2.45, 2.75) is 45.1 Å². The van der Waals surface area contributed by atoms with Crippen molar-refractivity contribution in [3.8, 4) is 5.75 Å². The van der Waals surface area contributed by atoms with Gasteiger partial charge in [0.1, 0.15) is 5.75 Å². The molecule has 0 unspecified atom stereocenters. The summed E-state index contributed by atoms with van der Waals surface area (Å²) >= 11 is 0. The van der Waals surface area contributed by atoms with Gasteiger partial charge >= 0.3 is 6.03 Å². The molecule has 1 fully saturated rings. The first-order chi connectivity index (χ1) is 9.69. The fourth-order valence-corrected chi connectivity index (χ4v) is 2.72. The number of carbonyl (C=O) groups excluding carboxylic acids is 1. The summed E-state index contributed by atoms with van der Waals surface area (Å²) in [5, 5.41) is 5.95. The molecule has 2 N–H and O–H groups in total. The first kappa shape index (κ1) is 14.7. The van der Waals surface area contributed by atoms with E-state index in [0.717, 1.165) is 30.6 Å². The third-order valence-electron chi connectivity index (χ3n) is 3.85. The van der Waals surface area contributed by atoms with Crippen LogP contribution in [0.2, 0.25) is 0 Å². The molecule has 2 amide bonds. The average molecular weight is 276 g/mol. The number of carbonyl (C=O) groups is 1. The third-order valence-corrected chi connectivity index (χ3v) is 3.85. The highest BCUT2D eigenvalue weighted by atomic mass is 16.5. The van der Waals surface area contributed by atoms with Gasteiger partial charge in [-0.15, -0.1) is 0 Å². The van der Waals surface area contributed by atoms with E-state index < -0.39 is 0 Å². The summed E-state index contributed by atoms with van der Waals surface area (Å²) in [7, 11) is 1.68. The SMILES string of the molecule is COc1ccc(CCNC(=O)NC2CCCC2)cc1C. The maximum Gasteiger partial charge on any atom is 0.315 e. The van der Waals surface area contributed by atoms with Crippen molar-refractivity contribution < 1.29 is 9.53 Å². The predicted octanol–water partition coefficient (Wildman–Crippen LogP) is 2.79. The van der Waals surface area contributed by atoms with Gasteiger partial charge < -0.3 is 15.4 Å². The summed E-state index contributed by atoms with van der Waals surface area (Å²) in [5.74, 6) is 0.903. The molecule has 0 bridgehead atoms. The monoisotopic (exact) mass is 276 g/mol. The van der Waals surface area contributed by atoms with Crippen molar-refractivity contribution in [1.82, 2.24) is 10.6 Å². The Balaban J connectivity index is 1.72. The van der Waals surface area contributed by atoms with E-state index in [4.69, 9.17) is 4.74 Å². The normalized spacial score (nSPS) is 15.1. The zero-order valence-corrected chi connectivity index (χ0v) is 12.4. The molecule has 1 saturated carbocycles. The molecule has 1 aliphatic rings. The van der Waals surface area contributed by atoms with E-state index in [0.29, 0.717) is 12.6 Å². The van der Waals surface area contributed by atoms with Crippen molar-refractivity contribution in [2.24, 2.45) is 0 Å². The van der Waals surface area contributed by atoms with Crippen LogP contribution in [0.25, 0.3) is 0 Å². The number of amides is 2. The average Bonchev–Trinajstić information content (AvgIpc) is 2.92. The van der Waals surface area contributed by atoms with E-state index in [2.05, 4.69) is 16.7 Å². The van der Waals surface area contributed by atoms with Gasteiger partial charge in [0.25, 0.3) is 0 Å². The minimum atomic E-state index is -0.0397.